The highest BCUT2D eigenvalue weighted by molar-refractivity contribution is 5.92. The van der Waals surface area contributed by atoms with Crippen molar-refractivity contribution in [3.63, 3.8) is 0 Å². The van der Waals surface area contributed by atoms with Crippen LogP contribution >= 0.6 is 0 Å². The monoisotopic (exact) mass is 260 g/mol. The topological polar surface area (TPSA) is 53.6 Å². The fourth-order valence-electron chi connectivity index (χ4n) is 2.40. The van der Waals surface area contributed by atoms with Crippen LogP contribution in [0.1, 0.15) is 18.9 Å². The third kappa shape index (κ3) is 4.24. The van der Waals surface area contributed by atoms with Gasteiger partial charge < -0.3 is 16.0 Å². The van der Waals surface area contributed by atoms with E-state index in [9.17, 15) is 0 Å². The van der Waals surface area contributed by atoms with Crippen LogP contribution in [0.15, 0.2) is 29.3 Å². The SMILES string of the molecule is CCN1CCC(CN=C(N)Nc2ccc(C)cc2)C1. The molecule has 4 heteroatoms. The Kier molecular flexibility index (Phi) is 4.80. The number of guanidine groups is 1. The highest BCUT2D eigenvalue weighted by Gasteiger charge is 2.20. The Balaban J connectivity index is 1.81. The van der Waals surface area contributed by atoms with Crippen molar-refractivity contribution in [2.75, 3.05) is 31.5 Å². The van der Waals surface area contributed by atoms with Crippen molar-refractivity contribution >= 4 is 11.6 Å². The van der Waals surface area contributed by atoms with Gasteiger partial charge >= 0.3 is 0 Å². The molecule has 104 valence electrons. The van der Waals surface area contributed by atoms with Crippen LogP contribution in [0.5, 0.6) is 0 Å². The number of nitrogens with zero attached hydrogens (tertiary/aromatic N) is 2. The Morgan fingerprint density at radius 3 is 2.79 bits per heavy atom. The average molecular weight is 260 g/mol. The molecule has 0 amide bonds. The van der Waals surface area contributed by atoms with Gasteiger partial charge in [0.15, 0.2) is 5.96 Å². The van der Waals surface area contributed by atoms with E-state index in [0.717, 1.165) is 25.3 Å². The van der Waals surface area contributed by atoms with Crippen LogP contribution in [0.4, 0.5) is 5.69 Å². The molecule has 1 aromatic carbocycles. The minimum absolute atomic E-state index is 0.513. The molecule has 0 radical (unpaired) electrons. The Labute approximate surface area is 115 Å². The number of aliphatic imine (C=N–C) groups is 1. The summed E-state index contributed by atoms with van der Waals surface area (Å²) in [6.07, 6.45) is 1.23. The molecule has 0 spiro atoms. The maximum absolute atomic E-state index is 5.91. The van der Waals surface area contributed by atoms with E-state index in [4.69, 9.17) is 5.73 Å². The second-order valence-corrected chi connectivity index (χ2v) is 5.26. The first-order valence-corrected chi connectivity index (χ1v) is 7.03. The molecule has 1 atom stereocenters. The molecular formula is C15H24N4. The summed E-state index contributed by atoms with van der Waals surface area (Å²) in [7, 11) is 0. The van der Waals surface area contributed by atoms with E-state index < -0.39 is 0 Å². The van der Waals surface area contributed by atoms with Gasteiger partial charge in [-0.3, -0.25) is 4.99 Å². The maximum Gasteiger partial charge on any atom is 0.193 e. The van der Waals surface area contributed by atoms with Crippen LogP contribution < -0.4 is 11.1 Å². The zero-order valence-electron chi connectivity index (χ0n) is 11.9. The van der Waals surface area contributed by atoms with Gasteiger partial charge in [0.2, 0.25) is 0 Å². The van der Waals surface area contributed by atoms with Crippen molar-refractivity contribution < 1.29 is 0 Å². The molecule has 0 aromatic heterocycles. The number of aryl methyl sites for hydroxylation is 1. The van der Waals surface area contributed by atoms with Crippen LogP contribution in [0.2, 0.25) is 0 Å². The molecule has 3 N–H and O–H groups in total. The first-order valence-electron chi connectivity index (χ1n) is 7.03. The number of likely N-dealkylation sites (tertiary alicyclic amines) is 1. The first kappa shape index (κ1) is 13.9. The quantitative estimate of drug-likeness (QED) is 0.643. The van der Waals surface area contributed by atoms with E-state index in [2.05, 4.69) is 41.2 Å². The highest BCUT2D eigenvalue weighted by Crippen LogP contribution is 2.15. The Morgan fingerprint density at radius 1 is 1.42 bits per heavy atom. The van der Waals surface area contributed by atoms with Gasteiger partial charge in [-0.2, -0.15) is 0 Å². The van der Waals surface area contributed by atoms with Gasteiger partial charge in [0.05, 0.1) is 0 Å². The standard InChI is InChI=1S/C15H24N4/c1-3-19-9-8-13(11-19)10-17-15(16)18-14-6-4-12(2)5-7-14/h4-7,13H,3,8-11H2,1-2H3,(H3,16,17,18). The largest absolute Gasteiger partial charge is 0.370 e. The Hall–Kier alpha value is -1.55. The van der Waals surface area contributed by atoms with Crippen LogP contribution in [-0.4, -0.2) is 37.0 Å². The number of hydrogen-bond acceptors (Lipinski definition) is 2. The van der Waals surface area contributed by atoms with Gasteiger partial charge in [-0.15, -0.1) is 0 Å². The van der Waals surface area contributed by atoms with Crippen LogP contribution in [-0.2, 0) is 0 Å². The molecular weight excluding hydrogens is 236 g/mol. The number of benzene rings is 1. The molecule has 1 saturated heterocycles. The zero-order valence-corrected chi connectivity index (χ0v) is 11.9. The zero-order chi connectivity index (χ0) is 13.7. The number of rotatable bonds is 4. The molecule has 1 unspecified atom stereocenters. The van der Waals surface area contributed by atoms with E-state index in [1.54, 1.807) is 0 Å². The number of nitrogens with one attached hydrogen (secondary N) is 1. The number of hydrogen-bond donors (Lipinski definition) is 2. The molecule has 0 aliphatic carbocycles. The van der Waals surface area contributed by atoms with Crippen molar-refractivity contribution in [3.05, 3.63) is 29.8 Å². The summed E-state index contributed by atoms with van der Waals surface area (Å²) in [6.45, 7) is 8.58. The summed E-state index contributed by atoms with van der Waals surface area (Å²) in [5.41, 5.74) is 8.15. The van der Waals surface area contributed by atoms with Gasteiger partial charge in [0.1, 0.15) is 0 Å². The van der Waals surface area contributed by atoms with E-state index >= 15 is 0 Å². The lowest BCUT2D eigenvalue weighted by Crippen LogP contribution is -2.25. The molecule has 0 bridgehead atoms. The fraction of sp³-hybridized carbons (Fsp3) is 0.533. The minimum atomic E-state index is 0.513. The summed E-state index contributed by atoms with van der Waals surface area (Å²) in [4.78, 5) is 6.91. The molecule has 2 rings (SSSR count). The molecule has 1 aromatic rings. The van der Waals surface area contributed by atoms with Gasteiger partial charge in [-0.1, -0.05) is 24.6 Å². The van der Waals surface area contributed by atoms with Gasteiger partial charge in [0.25, 0.3) is 0 Å². The smallest absolute Gasteiger partial charge is 0.193 e. The lowest BCUT2D eigenvalue weighted by Gasteiger charge is -2.12. The molecule has 1 aliphatic rings. The predicted octanol–water partition coefficient (Wildman–Crippen LogP) is 2.06. The van der Waals surface area contributed by atoms with Crippen molar-refractivity contribution in [1.82, 2.24) is 4.90 Å². The predicted molar refractivity (Wildman–Crippen MR) is 81.5 cm³/mol. The van der Waals surface area contributed by atoms with Crippen LogP contribution in [0, 0.1) is 12.8 Å². The van der Waals surface area contributed by atoms with Crippen molar-refractivity contribution in [2.45, 2.75) is 20.3 Å². The third-order valence-corrected chi connectivity index (χ3v) is 3.66. The van der Waals surface area contributed by atoms with Gasteiger partial charge in [-0.25, -0.2) is 0 Å². The van der Waals surface area contributed by atoms with Gasteiger partial charge in [-0.05, 0) is 44.5 Å². The molecule has 1 heterocycles. The van der Waals surface area contributed by atoms with Crippen LogP contribution in [0.3, 0.4) is 0 Å². The second-order valence-electron chi connectivity index (χ2n) is 5.26. The van der Waals surface area contributed by atoms with E-state index in [0.29, 0.717) is 11.9 Å². The summed E-state index contributed by atoms with van der Waals surface area (Å²) >= 11 is 0. The lowest BCUT2D eigenvalue weighted by atomic mass is 10.1. The Morgan fingerprint density at radius 2 is 2.16 bits per heavy atom. The van der Waals surface area contributed by atoms with E-state index in [-0.39, 0.29) is 0 Å². The van der Waals surface area contributed by atoms with Crippen LogP contribution in [0.25, 0.3) is 0 Å². The first-order chi connectivity index (χ1) is 9.17. The van der Waals surface area contributed by atoms with Crippen molar-refractivity contribution in [1.29, 1.82) is 0 Å². The van der Waals surface area contributed by atoms with E-state index in [1.807, 2.05) is 12.1 Å². The summed E-state index contributed by atoms with van der Waals surface area (Å²) < 4.78 is 0. The normalized spacial score (nSPS) is 20.7. The average Bonchev–Trinajstić information content (AvgIpc) is 2.87. The Bertz CT molecular complexity index is 424. The van der Waals surface area contributed by atoms with Crippen molar-refractivity contribution in [3.8, 4) is 0 Å². The second kappa shape index (κ2) is 6.57. The molecule has 1 aliphatic heterocycles. The minimum Gasteiger partial charge on any atom is -0.370 e. The lowest BCUT2D eigenvalue weighted by molar-refractivity contribution is 0.344. The highest BCUT2D eigenvalue weighted by atomic mass is 15.1. The number of nitrogens with two attached hydrogens (primary N) is 1. The summed E-state index contributed by atoms with van der Waals surface area (Å²) in [6, 6.07) is 8.16. The van der Waals surface area contributed by atoms with Gasteiger partial charge in [0, 0.05) is 18.8 Å². The fourth-order valence-corrected chi connectivity index (χ4v) is 2.40. The van der Waals surface area contributed by atoms with Crippen molar-refractivity contribution in [2.24, 2.45) is 16.6 Å². The number of anilines is 1. The maximum atomic E-state index is 5.91. The van der Waals surface area contributed by atoms with E-state index in [1.165, 1.54) is 18.5 Å². The summed E-state index contributed by atoms with van der Waals surface area (Å²) in [5.74, 6) is 1.16. The third-order valence-electron chi connectivity index (χ3n) is 3.66. The molecule has 19 heavy (non-hydrogen) atoms. The molecule has 4 nitrogen and oxygen atoms in total. The molecule has 1 fully saturated rings. The molecule has 0 saturated carbocycles. The summed E-state index contributed by atoms with van der Waals surface area (Å²) in [5, 5.41) is 3.13.